The van der Waals surface area contributed by atoms with Gasteiger partial charge in [-0.1, -0.05) is 60.7 Å². The van der Waals surface area contributed by atoms with Crippen molar-refractivity contribution in [2.24, 2.45) is 0 Å². The molecule has 0 bridgehead atoms. The summed E-state index contributed by atoms with van der Waals surface area (Å²) in [4.78, 5) is 18.2. The second-order valence-corrected chi connectivity index (χ2v) is 8.60. The lowest BCUT2D eigenvalue weighted by atomic mass is 10.1. The fraction of sp³-hybridized carbons (Fsp3) is 0.280. The van der Waals surface area contributed by atoms with Gasteiger partial charge in [-0.15, -0.1) is 0 Å². The molecule has 1 saturated heterocycles. The number of nitrogens with zero attached hydrogens (tertiary/aromatic N) is 6. The Balaban J connectivity index is 1.64. The van der Waals surface area contributed by atoms with Gasteiger partial charge in [0, 0.05) is 39.3 Å². The maximum Gasteiger partial charge on any atom is 0.323 e. The number of anilines is 2. The summed E-state index contributed by atoms with van der Waals surface area (Å²) in [7, 11) is 2.06. The Labute approximate surface area is 197 Å². The molecule has 0 saturated carbocycles. The third-order valence-electron chi connectivity index (χ3n) is 6.27. The first kappa shape index (κ1) is 21.8. The molecule has 4 aromatic rings. The number of piperazine rings is 1. The summed E-state index contributed by atoms with van der Waals surface area (Å²) < 4.78 is 5.05. The number of fused-ring (bicyclic) bond motifs is 1. The van der Waals surface area contributed by atoms with Crippen LogP contribution in [0.25, 0.3) is 11.0 Å². The van der Waals surface area contributed by atoms with Crippen molar-refractivity contribution >= 4 is 28.1 Å². The first-order chi connectivity index (χ1) is 16.6. The van der Waals surface area contributed by atoms with Crippen LogP contribution < -0.4 is 9.80 Å². The molecule has 3 aromatic carbocycles. The molecule has 2 heterocycles. The number of hydrogen-bond acceptors (Lipinski definition) is 8. The average molecular weight is 459 g/mol. The second-order valence-electron chi connectivity index (χ2n) is 8.60. The van der Waals surface area contributed by atoms with Crippen LogP contribution in [0.4, 0.5) is 17.1 Å². The van der Waals surface area contributed by atoms with Crippen molar-refractivity contribution in [1.29, 1.82) is 0 Å². The summed E-state index contributed by atoms with van der Waals surface area (Å²) in [6.07, 6.45) is 0. The topological polar surface area (TPSA) is 91.8 Å². The Morgan fingerprint density at radius 2 is 1.47 bits per heavy atom. The third kappa shape index (κ3) is 4.42. The summed E-state index contributed by atoms with van der Waals surface area (Å²) in [5, 5.41) is 20.2. The van der Waals surface area contributed by atoms with E-state index in [1.807, 2.05) is 42.5 Å². The van der Waals surface area contributed by atoms with Crippen LogP contribution in [0.1, 0.15) is 11.1 Å². The van der Waals surface area contributed by atoms with Gasteiger partial charge in [-0.2, -0.15) is 0 Å². The number of hydrogen-bond donors (Lipinski definition) is 0. The zero-order chi connectivity index (χ0) is 23.5. The Hall–Kier alpha value is -3.98. The quantitative estimate of drug-likeness (QED) is 0.302. The van der Waals surface area contributed by atoms with Crippen molar-refractivity contribution in [3.05, 3.63) is 88.0 Å². The lowest BCUT2D eigenvalue weighted by Crippen LogP contribution is -2.44. The van der Waals surface area contributed by atoms with Crippen molar-refractivity contribution in [1.82, 2.24) is 15.2 Å². The van der Waals surface area contributed by atoms with Crippen LogP contribution in [0.15, 0.2) is 71.4 Å². The first-order valence-corrected chi connectivity index (χ1v) is 11.3. The minimum atomic E-state index is -0.372. The fourth-order valence-electron chi connectivity index (χ4n) is 4.44. The van der Waals surface area contributed by atoms with Crippen LogP contribution >= 0.6 is 0 Å². The van der Waals surface area contributed by atoms with Gasteiger partial charge in [0.25, 0.3) is 0 Å². The van der Waals surface area contributed by atoms with Gasteiger partial charge < -0.3 is 14.7 Å². The Kier molecular flexibility index (Phi) is 6.09. The zero-order valence-corrected chi connectivity index (χ0v) is 19.0. The molecule has 9 nitrogen and oxygen atoms in total. The van der Waals surface area contributed by atoms with Gasteiger partial charge in [0.05, 0.1) is 10.6 Å². The van der Waals surface area contributed by atoms with E-state index in [4.69, 9.17) is 4.63 Å². The first-order valence-electron chi connectivity index (χ1n) is 11.3. The van der Waals surface area contributed by atoms with Crippen LogP contribution in [0.5, 0.6) is 0 Å². The predicted octanol–water partition coefficient (Wildman–Crippen LogP) is 4.09. The predicted molar refractivity (Wildman–Crippen MR) is 131 cm³/mol. The lowest BCUT2D eigenvalue weighted by Gasteiger charge is -2.34. The number of nitro benzene ring substituents is 1. The SMILES string of the molecule is CN1CCN(c2cc(N(Cc3ccccc3)Cc3ccccc3)c3nonc3c2[N+](=O)[O-])CC1. The van der Waals surface area contributed by atoms with E-state index in [0.717, 1.165) is 29.9 Å². The number of benzene rings is 3. The van der Waals surface area contributed by atoms with Crippen molar-refractivity contribution in [2.75, 3.05) is 43.0 Å². The zero-order valence-electron chi connectivity index (χ0n) is 19.0. The molecule has 5 rings (SSSR count). The van der Waals surface area contributed by atoms with Gasteiger partial charge in [0.2, 0.25) is 5.52 Å². The molecule has 174 valence electrons. The molecule has 0 aliphatic carbocycles. The number of likely N-dealkylation sites (N-methyl/N-ethyl adjacent to an activating group) is 1. The summed E-state index contributed by atoms with van der Waals surface area (Å²) in [5.41, 5.74) is 4.11. The number of rotatable bonds is 7. The van der Waals surface area contributed by atoms with Crippen LogP contribution in [0.2, 0.25) is 0 Å². The van der Waals surface area contributed by atoms with E-state index >= 15 is 0 Å². The van der Waals surface area contributed by atoms with Crippen molar-refractivity contribution < 1.29 is 9.55 Å². The van der Waals surface area contributed by atoms with Gasteiger partial charge in [-0.25, -0.2) is 4.63 Å². The molecule has 0 radical (unpaired) electrons. The molecule has 9 heteroatoms. The third-order valence-corrected chi connectivity index (χ3v) is 6.27. The van der Waals surface area contributed by atoms with Crippen molar-refractivity contribution in [2.45, 2.75) is 13.1 Å². The van der Waals surface area contributed by atoms with E-state index in [1.54, 1.807) is 0 Å². The van der Waals surface area contributed by atoms with Crippen molar-refractivity contribution in [3.8, 4) is 0 Å². The maximum atomic E-state index is 12.1. The van der Waals surface area contributed by atoms with Crippen LogP contribution in [-0.4, -0.2) is 53.4 Å². The highest BCUT2D eigenvalue weighted by Crippen LogP contribution is 2.41. The molecule has 0 amide bonds. The summed E-state index contributed by atoms with van der Waals surface area (Å²) in [5.74, 6) is 0. The lowest BCUT2D eigenvalue weighted by molar-refractivity contribution is -0.382. The summed E-state index contributed by atoms with van der Waals surface area (Å²) >= 11 is 0. The number of aromatic nitrogens is 2. The Morgan fingerprint density at radius 3 is 2.03 bits per heavy atom. The molecule has 1 aromatic heterocycles. The molecular formula is C25H26N6O3. The highest BCUT2D eigenvalue weighted by Gasteiger charge is 2.31. The molecule has 0 spiro atoms. The van der Waals surface area contributed by atoms with E-state index in [1.165, 1.54) is 0 Å². The van der Waals surface area contributed by atoms with E-state index < -0.39 is 0 Å². The van der Waals surface area contributed by atoms with E-state index in [2.05, 4.69) is 56.3 Å². The Morgan fingerprint density at radius 1 is 0.912 bits per heavy atom. The number of nitro groups is 1. The molecule has 1 aliphatic rings. The monoisotopic (exact) mass is 458 g/mol. The average Bonchev–Trinajstić information content (AvgIpc) is 3.34. The van der Waals surface area contributed by atoms with E-state index in [9.17, 15) is 10.1 Å². The smallest absolute Gasteiger partial charge is 0.323 e. The van der Waals surface area contributed by atoms with E-state index in [0.29, 0.717) is 37.4 Å². The molecule has 0 atom stereocenters. The van der Waals surface area contributed by atoms with Gasteiger partial charge in [0.1, 0.15) is 5.69 Å². The van der Waals surface area contributed by atoms with Crippen LogP contribution in [-0.2, 0) is 13.1 Å². The van der Waals surface area contributed by atoms with Crippen LogP contribution in [0, 0.1) is 10.1 Å². The largest absolute Gasteiger partial charge is 0.363 e. The normalized spacial score (nSPS) is 14.4. The molecule has 1 aliphatic heterocycles. The van der Waals surface area contributed by atoms with Crippen molar-refractivity contribution in [3.63, 3.8) is 0 Å². The summed E-state index contributed by atoms with van der Waals surface area (Å²) in [6, 6.07) is 22.2. The van der Waals surface area contributed by atoms with Gasteiger partial charge in [-0.3, -0.25) is 10.1 Å². The minimum Gasteiger partial charge on any atom is -0.363 e. The standard InChI is InChI=1S/C25H26N6O3/c1-28-12-14-29(15-13-28)22-16-21(23-24(27-34-26-23)25(22)31(32)33)30(17-19-8-4-2-5-9-19)18-20-10-6-3-7-11-20/h2-11,16H,12-15,17-18H2,1H3. The minimum absolute atomic E-state index is 0.0519. The Bertz CT molecular complexity index is 1230. The van der Waals surface area contributed by atoms with E-state index in [-0.39, 0.29) is 16.1 Å². The fourth-order valence-corrected chi connectivity index (χ4v) is 4.44. The molecule has 0 unspecified atom stereocenters. The molecule has 0 N–H and O–H groups in total. The van der Waals surface area contributed by atoms with Gasteiger partial charge in [0.15, 0.2) is 5.52 Å². The van der Waals surface area contributed by atoms with Gasteiger partial charge in [-0.05, 0) is 34.6 Å². The van der Waals surface area contributed by atoms with Crippen LogP contribution in [0.3, 0.4) is 0 Å². The highest BCUT2D eigenvalue weighted by molar-refractivity contribution is 6.00. The summed E-state index contributed by atoms with van der Waals surface area (Å²) in [6.45, 7) is 4.28. The second kappa shape index (κ2) is 9.48. The molecule has 34 heavy (non-hydrogen) atoms. The maximum absolute atomic E-state index is 12.1. The van der Waals surface area contributed by atoms with Gasteiger partial charge >= 0.3 is 5.69 Å². The highest BCUT2D eigenvalue weighted by atomic mass is 16.6. The molecule has 1 fully saturated rings. The molecular weight excluding hydrogens is 432 g/mol.